The third-order valence-electron chi connectivity index (χ3n) is 2.19. The van der Waals surface area contributed by atoms with Crippen molar-refractivity contribution < 1.29 is 4.79 Å². The van der Waals surface area contributed by atoms with Crippen LogP contribution in [0.25, 0.3) is 0 Å². The smallest absolute Gasteiger partial charge is 0.235 e. The molecule has 0 radical (unpaired) electrons. The van der Waals surface area contributed by atoms with E-state index in [2.05, 4.69) is 11.9 Å². The largest absolute Gasteiger partial charge is 0.276 e. The maximum atomic E-state index is 11.4. The number of hydrogen-bond acceptors (Lipinski definition) is 2. The summed E-state index contributed by atoms with van der Waals surface area (Å²) in [4.78, 5) is 15.2. The molecule has 1 aromatic rings. The summed E-state index contributed by atoms with van der Waals surface area (Å²) in [5.41, 5.74) is 0. The van der Waals surface area contributed by atoms with Crippen molar-refractivity contribution in [1.82, 2.24) is 9.55 Å². The summed E-state index contributed by atoms with van der Waals surface area (Å²) in [5, 5.41) is 0. The monoisotopic (exact) mass is 150 g/mol. The van der Waals surface area contributed by atoms with Crippen molar-refractivity contribution in [2.45, 2.75) is 13.3 Å². The molecule has 58 valence electrons. The van der Waals surface area contributed by atoms with Crippen LogP contribution in [0.1, 0.15) is 18.1 Å². The van der Waals surface area contributed by atoms with Crippen molar-refractivity contribution in [2.24, 2.45) is 11.8 Å². The van der Waals surface area contributed by atoms with Gasteiger partial charge in [-0.15, -0.1) is 0 Å². The minimum atomic E-state index is 0.190. The second kappa shape index (κ2) is 2.19. The lowest BCUT2D eigenvalue weighted by Crippen LogP contribution is -2.10. The van der Waals surface area contributed by atoms with Crippen LogP contribution in [0.2, 0.25) is 0 Å². The van der Waals surface area contributed by atoms with E-state index >= 15 is 0 Å². The van der Waals surface area contributed by atoms with Gasteiger partial charge in [0.25, 0.3) is 0 Å². The summed E-state index contributed by atoms with van der Waals surface area (Å²) in [7, 11) is 0. The molecular formula is C8H10N2O. The van der Waals surface area contributed by atoms with Crippen molar-refractivity contribution in [2.75, 3.05) is 0 Å². The fraction of sp³-hybridized carbons (Fsp3) is 0.500. The van der Waals surface area contributed by atoms with Crippen LogP contribution >= 0.6 is 0 Å². The summed E-state index contributed by atoms with van der Waals surface area (Å²) >= 11 is 0. The van der Waals surface area contributed by atoms with Gasteiger partial charge in [0.2, 0.25) is 5.91 Å². The normalized spacial score (nSPS) is 28.5. The van der Waals surface area contributed by atoms with Gasteiger partial charge in [-0.2, -0.15) is 0 Å². The minimum Gasteiger partial charge on any atom is -0.276 e. The second-order valence-electron chi connectivity index (χ2n) is 3.13. The molecule has 1 heterocycles. The molecule has 3 nitrogen and oxygen atoms in total. The van der Waals surface area contributed by atoms with Crippen LogP contribution in [0.3, 0.4) is 0 Å². The van der Waals surface area contributed by atoms with Crippen LogP contribution < -0.4 is 0 Å². The highest BCUT2D eigenvalue weighted by Gasteiger charge is 2.39. The van der Waals surface area contributed by atoms with E-state index in [1.54, 1.807) is 23.3 Å². The summed E-state index contributed by atoms with van der Waals surface area (Å²) in [6.45, 7) is 2.10. The third kappa shape index (κ3) is 1.06. The predicted molar refractivity (Wildman–Crippen MR) is 40.1 cm³/mol. The molecule has 1 aromatic heterocycles. The molecular weight excluding hydrogens is 140 g/mol. The Kier molecular flexibility index (Phi) is 1.31. The molecule has 1 saturated carbocycles. The van der Waals surface area contributed by atoms with E-state index in [1.165, 1.54) is 0 Å². The van der Waals surface area contributed by atoms with Crippen LogP contribution in [0.5, 0.6) is 0 Å². The van der Waals surface area contributed by atoms with Gasteiger partial charge < -0.3 is 0 Å². The van der Waals surface area contributed by atoms with E-state index in [9.17, 15) is 4.79 Å². The van der Waals surface area contributed by atoms with E-state index in [1.807, 2.05) is 0 Å². The molecule has 0 saturated heterocycles. The number of carbonyl (C=O) groups is 1. The Morgan fingerprint density at radius 1 is 1.73 bits per heavy atom. The molecule has 0 aromatic carbocycles. The highest BCUT2D eigenvalue weighted by atomic mass is 16.2. The number of aromatic nitrogens is 2. The van der Waals surface area contributed by atoms with Gasteiger partial charge in [-0.1, -0.05) is 6.92 Å². The standard InChI is InChI=1S/C8H10N2O/c1-6-4-7(6)8(11)10-3-2-9-5-10/h2-3,5-7H,4H2,1H3. The number of imidazole rings is 1. The van der Waals surface area contributed by atoms with Crippen LogP contribution in [-0.2, 0) is 0 Å². The average molecular weight is 150 g/mol. The Balaban J connectivity index is 2.13. The topological polar surface area (TPSA) is 34.9 Å². The van der Waals surface area contributed by atoms with E-state index in [0.717, 1.165) is 6.42 Å². The molecule has 1 aliphatic rings. The number of hydrogen-bond donors (Lipinski definition) is 0. The lowest BCUT2D eigenvalue weighted by Gasteiger charge is -1.96. The fourth-order valence-corrected chi connectivity index (χ4v) is 1.25. The van der Waals surface area contributed by atoms with E-state index in [4.69, 9.17) is 0 Å². The van der Waals surface area contributed by atoms with Crippen molar-refractivity contribution >= 4 is 5.91 Å². The van der Waals surface area contributed by atoms with Gasteiger partial charge in [-0.05, 0) is 12.3 Å². The van der Waals surface area contributed by atoms with Gasteiger partial charge >= 0.3 is 0 Å². The molecule has 2 atom stereocenters. The van der Waals surface area contributed by atoms with E-state index in [-0.39, 0.29) is 11.8 Å². The first kappa shape index (κ1) is 6.58. The molecule has 0 amide bonds. The Bertz CT molecular complexity index is 266. The fourth-order valence-electron chi connectivity index (χ4n) is 1.25. The predicted octanol–water partition coefficient (Wildman–Crippen LogP) is 1.18. The molecule has 1 fully saturated rings. The highest BCUT2D eigenvalue weighted by Crippen LogP contribution is 2.38. The van der Waals surface area contributed by atoms with Gasteiger partial charge in [0.15, 0.2) is 0 Å². The zero-order valence-electron chi connectivity index (χ0n) is 6.40. The summed E-state index contributed by atoms with van der Waals surface area (Å²) in [5.74, 6) is 1.02. The molecule has 2 unspecified atom stereocenters. The average Bonchev–Trinajstić information content (AvgIpc) is 2.56. The molecule has 0 N–H and O–H groups in total. The molecule has 2 rings (SSSR count). The molecule has 0 bridgehead atoms. The summed E-state index contributed by atoms with van der Waals surface area (Å²) < 4.78 is 1.56. The van der Waals surface area contributed by atoms with Crippen molar-refractivity contribution in [3.05, 3.63) is 18.7 Å². The van der Waals surface area contributed by atoms with Crippen molar-refractivity contribution in [3.8, 4) is 0 Å². The first-order valence-electron chi connectivity index (χ1n) is 3.81. The first-order chi connectivity index (χ1) is 5.29. The molecule has 11 heavy (non-hydrogen) atoms. The number of nitrogens with zero attached hydrogens (tertiary/aromatic N) is 2. The first-order valence-corrected chi connectivity index (χ1v) is 3.81. The number of rotatable bonds is 1. The Morgan fingerprint density at radius 3 is 2.91 bits per heavy atom. The van der Waals surface area contributed by atoms with Gasteiger partial charge in [-0.25, -0.2) is 4.98 Å². The van der Waals surface area contributed by atoms with Gasteiger partial charge in [0.1, 0.15) is 6.33 Å². The summed E-state index contributed by atoms with van der Waals surface area (Å²) in [6.07, 6.45) is 5.93. The maximum Gasteiger partial charge on any atom is 0.235 e. The lowest BCUT2D eigenvalue weighted by atomic mass is 10.3. The maximum absolute atomic E-state index is 11.4. The molecule has 3 heteroatoms. The van der Waals surface area contributed by atoms with Gasteiger partial charge in [-0.3, -0.25) is 9.36 Å². The van der Waals surface area contributed by atoms with Gasteiger partial charge in [0, 0.05) is 18.3 Å². The second-order valence-corrected chi connectivity index (χ2v) is 3.13. The van der Waals surface area contributed by atoms with Gasteiger partial charge in [0.05, 0.1) is 0 Å². The lowest BCUT2D eigenvalue weighted by molar-refractivity contribution is 0.0880. The van der Waals surface area contributed by atoms with Crippen LogP contribution in [0.15, 0.2) is 18.7 Å². The van der Waals surface area contributed by atoms with Crippen LogP contribution in [-0.4, -0.2) is 15.5 Å². The Morgan fingerprint density at radius 2 is 2.45 bits per heavy atom. The zero-order valence-corrected chi connectivity index (χ0v) is 6.40. The molecule has 0 aliphatic heterocycles. The van der Waals surface area contributed by atoms with E-state index in [0.29, 0.717) is 5.92 Å². The zero-order chi connectivity index (χ0) is 7.84. The minimum absolute atomic E-state index is 0.190. The Hall–Kier alpha value is -1.12. The molecule has 0 spiro atoms. The third-order valence-corrected chi connectivity index (χ3v) is 2.19. The van der Waals surface area contributed by atoms with E-state index < -0.39 is 0 Å². The summed E-state index contributed by atoms with van der Waals surface area (Å²) in [6, 6.07) is 0. The van der Waals surface area contributed by atoms with Crippen molar-refractivity contribution in [3.63, 3.8) is 0 Å². The van der Waals surface area contributed by atoms with Crippen molar-refractivity contribution in [1.29, 1.82) is 0 Å². The number of carbonyl (C=O) groups excluding carboxylic acids is 1. The van der Waals surface area contributed by atoms with Crippen LogP contribution in [0, 0.1) is 11.8 Å². The van der Waals surface area contributed by atoms with Crippen LogP contribution in [0.4, 0.5) is 0 Å². The molecule has 1 aliphatic carbocycles. The Labute approximate surface area is 65.1 Å². The SMILES string of the molecule is CC1CC1C(=O)n1ccnc1. The highest BCUT2D eigenvalue weighted by molar-refractivity contribution is 5.83. The quantitative estimate of drug-likeness (QED) is 0.602.